The monoisotopic (exact) mass is 581 g/mol. The smallest absolute Gasteiger partial charge is 0.280 e. The van der Waals surface area contributed by atoms with Gasteiger partial charge < -0.3 is 25.4 Å². The summed E-state index contributed by atoms with van der Waals surface area (Å²) >= 11 is 0. The Kier molecular flexibility index (Phi) is 6.98. The second kappa shape index (κ2) is 10.7. The Morgan fingerprint density at radius 3 is 2.19 bits per heavy atom. The Balaban J connectivity index is 1.82. The number of hydrogen-bond donors (Lipinski definition) is 4. The minimum Gasteiger partial charge on any atom is -0.497 e. The van der Waals surface area contributed by atoms with E-state index in [1.54, 1.807) is 19.2 Å². The number of imidazole rings is 1. The average Bonchev–Trinajstić information content (AvgIpc) is 3.53. The highest BCUT2D eigenvalue weighted by Crippen LogP contribution is 2.50. The number of nitrogen functional groups attached to an aromatic ring is 1. The molecule has 1 aliphatic rings. The van der Waals surface area contributed by atoms with E-state index < -0.39 is 41.7 Å². The number of nitrogens with zero attached hydrogens (tertiary/aromatic N) is 3. The number of aliphatic hydroxyl groups is 2. The van der Waals surface area contributed by atoms with Crippen LogP contribution in [0.15, 0.2) is 89.7 Å². The molecule has 0 radical (unpaired) electrons. The van der Waals surface area contributed by atoms with Gasteiger partial charge in [-0.3, -0.25) is 14.3 Å². The van der Waals surface area contributed by atoms with Gasteiger partial charge in [0.15, 0.2) is 17.4 Å². The first-order chi connectivity index (χ1) is 20.8. The van der Waals surface area contributed by atoms with Gasteiger partial charge in [-0.05, 0) is 28.8 Å². The predicted molar refractivity (Wildman–Crippen MR) is 157 cm³/mol. The molecule has 0 unspecified atom stereocenters. The van der Waals surface area contributed by atoms with Gasteiger partial charge in [0.05, 0.1) is 13.7 Å². The molecular weight excluding hydrogens is 553 g/mol. The van der Waals surface area contributed by atoms with E-state index >= 15 is 4.39 Å². The van der Waals surface area contributed by atoms with E-state index in [0.29, 0.717) is 22.4 Å². The second-order valence-corrected chi connectivity index (χ2v) is 10.2. The third-order valence-electron chi connectivity index (χ3n) is 7.92. The van der Waals surface area contributed by atoms with Gasteiger partial charge in [-0.15, -0.1) is 6.42 Å². The highest BCUT2D eigenvalue weighted by atomic mass is 19.1. The van der Waals surface area contributed by atoms with E-state index in [1.165, 1.54) is 4.57 Å². The summed E-state index contributed by atoms with van der Waals surface area (Å²) in [5.41, 5.74) is 2.92. The number of halogens is 1. The summed E-state index contributed by atoms with van der Waals surface area (Å²) in [5.74, 6) is 2.50. The fraction of sp³-hybridized carbons (Fsp3) is 0.219. The number of benzene rings is 3. The number of anilines is 1. The van der Waals surface area contributed by atoms with E-state index in [-0.39, 0.29) is 22.9 Å². The number of hydrogen-bond acceptors (Lipinski definition) is 8. The molecule has 0 bridgehead atoms. The number of methoxy groups -OCH3 is 1. The molecule has 2 aromatic heterocycles. The molecule has 1 fully saturated rings. The van der Waals surface area contributed by atoms with E-state index in [4.69, 9.17) is 26.6 Å². The maximum Gasteiger partial charge on any atom is 0.280 e. The number of rotatable bonds is 7. The lowest BCUT2D eigenvalue weighted by Gasteiger charge is -2.37. The summed E-state index contributed by atoms with van der Waals surface area (Å²) in [4.78, 5) is 24.9. The Morgan fingerprint density at radius 2 is 1.65 bits per heavy atom. The lowest BCUT2D eigenvalue weighted by Crippen LogP contribution is -2.43. The van der Waals surface area contributed by atoms with Crippen molar-refractivity contribution in [1.29, 1.82) is 0 Å². The first-order valence-electron chi connectivity index (χ1n) is 13.4. The topological polar surface area (TPSA) is 149 Å². The molecule has 1 saturated heterocycles. The minimum atomic E-state index is -2.85. The molecule has 0 spiro atoms. The summed E-state index contributed by atoms with van der Waals surface area (Å²) in [6.07, 6.45) is 0.655. The number of aliphatic hydroxyl groups excluding tert-OH is 2. The normalized spacial score (nSPS) is 22.0. The molecular formula is C32H28FN5O5. The summed E-state index contributed by atoms with van der Waals surface area (Å²) < 4.78 is 29.4. The molecule has 43 heavy (non-hydrogen) atoms. The molecule has 5 N–H and O–H groups in total. The third kappa shape index (κ3) is 4.19. The largest absolute Gasteiger partial charge is 0.497 e. The maximum absolute atomic E-state index is 16.8. The van der Waals surface area contributed by atoms with Crippen LogP contribution < -0.4 is 16.0 Å². The van der Waals surface area contributed by atoms with Gasteiger partial charge in [0.2, 0.25) is 11.6 Å². The number of H-pyrrole nitrogens is 1. The molecule has 6 rings (SSSR count). The number of fused-ring (bicyclic) bond motifs is 1. The Hall–Kier alpha value is -5.02. The van der Waals surface area contributed by atoms with Crippen molar-refractivity contribution < 1.29 is 24.1 Å². The molecule has 3 heterocycles. The summed E-state index contributed by atoms with van der Waals surface area (Å²) in [7, 11) is 1.55. The summed E-state index contributed by atoms with van der Waals surface area (Å²) in [6.45, 7) is -0.718. The fourth-order valence-corrected chi connectivity index (χ4v) is 5.90. The number of alkyl halides is 1. The summed E-state index contributed by atoms with van der Waals surface area (Å²) in [5, 5.41) is 20.8. The molecule has 0 amide bonds. The van der Waals surface area contributed by atoms with E-state index in [1.807, 2.05) is 78.7 Å². The van der Waals surface area contributed by atoms with Gasteiger partial charge in [0.25, 0.3) is 5.56 Å². The molecule has 3 aromatic carbocycles. The molecule has 0 aliphatic carbocycles. The van der Waals surface area contributed by atoms with Gasteiger partial charge in [0, 0.05) is 0 Å². The first kappa shape index (κ1) is 28.1. The van der Waals surface area contributed by atoms with Crippen molar-refractivity contribution >= 4 is 17.1 Å². The van der Waals surface area contributed by atoms with Crippen LogP contribution in [0.4, 0.5) is 10.3 Å². The van der Waals surface area contributed by atoms with Crippen LogP contribution in [-0.4, -0.2) is 61.3 Å². The lowest BCUT2D eigenvalue weighted by molar-refractivity contribution is -0.0520. The van der Waals surface area contributed by atoms with Crippen molar-refractivity contribution in [3.63, 3.8) is 0 Å². The van der Waals surface area contributed by atoms with Crippen LogP contribution in [0.3, 0.4) is 0 Å². The standard InChI is InChI=1S/C32H28FN5O5/c1-3-31(33)25(40)23(18-39)43-29(31)38-26-24(27(41)37-30(34)36-26)35-28(38)32(19-10-6-4-7-11-19,20-12-8-5-9-13-20)21-14-16-22(42-2)17-15-21/h1,4-17,23,25,29,39-40H,18H2,2H3,(H3,34,36,37,41)/t23-,25-,29+,31-/m1/s1. The van der Waals surface area contributed by atoms with Crippen LogP contribution in [0.1, 0.15) is 28.7 Å². The molecule has 11 heteroatoms. The fourth-order valence-electron chi connectivity index (χ4n) is 5.90. The van der Waals surface area contributed by atoms with Crippen LogP contribution in [0.5, 0.6) is 5.75 Å². The van der Waals surface area contributed by atoms with Gasteiger partial charge >= 0.3 is 0 Å². The zero-order chi connectivity index (χ0) is 30.4. The third-order valence-corrected chi connectivity index (χ3v) is 7.92. The quantitative estimate of drug-likeness (QED) is 0.169. The van der Waals surface area contributed by atoms with Crippen molar-refractivity contribution in [3.05, 3.63) is 118 Å². The van der Waals surface area contributed by atoms with Crippen molar-refractivity contribution in [2.45, 2.75) is 29.5 Å². The molecule has 1 aliphatic heterocycles. The second-order valence-electron chi connectivity index (χ2n) is 10.2. The van der Waals surface area contributed by atoms with Crippen LogP contribution >= 0.6 is 0 Å². The molecule has 0 saturated carbocycles. The van der Waals surface area contributed by atoms with E-state index in [9.17, 15) is 15.0 Å². The van der Waals surface area contributed by atoms with Crippen LogP contribution in [0.2, 0.25) is 0 Å². The number of terminal acetylenes is 1. The van der Waals surface area contributed by atoms with Crippen molar-refractivity contribution in [2.75, 3.05) is 19.5 Å². The Morgan fingerprint density at radius 1 is 1.07 bits per heavy atom. The number of aromatic nitrogens is 4. The minimum absolute atomic E-state index is 0.113. The SMILES string of the molecule is C#C[C@@]1(F)[C@H](O)[C@@H](CO)O[C@@H]1n1c(C(c2ccccc2)(c2ccccc2)c2ccc(OC)cc2)nc2c(=O)[nH]c(N)nc21. The molecule has 10 nitrogen and oxygen atoms in total. The highest BCUT2D eigenvalue weighted by molar-refractivity contribution is 5.74. The highest BCUT2D eigenvalue weighted by Gasteiger charge is 2.59. The van der Waals surface area contributed by atoms with Gasteiger partial charge in [0.1, 0.15) is 29.2 Å². The van der Waals surface area contributed by atoms with Crippen molar-refractivity contribution in [1.82, 2.24) is 19.5 Å². The Labute approximate surface area is 245 Å². The van der Waals surface area contributed by atoms with Crippen LogP contribution in [0.25, 0.3) is 11.2 Å². The molecule has 218 valence electrons. The van der Waals surface area contributed by atoms with Gasteiger partial charge in [-0.2, -0.15) is 4.98 Å². The van der Waals surface area contributed by atoms with E-state index in [2.05, 4.69) is 9.97 Å². The predicted octanol–water partition coefficient (Wildman–Crippen LogP) is 2.69. The molecule has 5 aromatic rings. The zero-order valence-electron chi connectivity index (χ0n) is 23.0. The van der Waals surface area contributed by atoms with Gasteiger partial charge in [-0.25, -0.2) is 9.37 Å². The number of nitrogens with one attached hydrogen (secondary N) is 1. The average molecular weight is 582 g/mol. The van der Waals surface area contributed by atoms with Crippen LogP contribution in [0, 0.1) is 12.3 Å². The first-order valence-corrected chi connectivity index (χ1v) is 13.4. The zero-order valence-corrected chi connectivity index (χ0v) is 23.0. The van der Waals surface area contributed by atoms with Crippen molar-refractivity contribution in [2.24, 2.45) is 0 Å². The molecule has 4 atom stereocenters. The summed E-state index contributed by atoms with van der Waals surface area (Å²) in [6, 6.07) is 25.9. The number of aromatic amines is 1. The number of nitrogens with two attached hydrogens (primary N) is 1. The lowest BCUT2D eigenvalue weighted by atomic mass is 9.68. The van der Waals surface area contributed by atoms with Crippen LogP contribution in [-0.2, 0) is 10.2 Å². The maximum atomic E-state index is 16.8. The van der Waals surface area contributed by atoms with Gasteiger partial charge in [-0.1, -0.05) is 78.7 Å². The van der Waals surface area contributed by atoms with E-state index in [0.717, 1.165) is 0 Å². The van der Waals surface area contributed by atoms with Crippen molar-refractivity contribution in [3.8, 4) is 18.1 Å². The number of ether oxygens (including phenoxy) is 2. The Bertz CT molecular complexity index is 1830.